The fraction of sp³-hybridized carbons (Fsp3) is 0.875. The number of rotatable bonds is 9. The average molecular weight is 695 g/mol. The highest BCUT2D eigenvalue weighted by molar-refractivity contribution is 6.71. The molecular formula is C32H62O12Si2. The van der Waals surface area contributed by atoms with Gasteiger partial charge in [0.2, 0.25) is 0 Å². The van der Waals surface area contributed by atoms with Crippen molar-refractivity contribution in [1.29, 1.82) is 0 Å². The number of allylic oxidation sites excluding steroid dienone is 2. The smallest absolute Gasteiger partial charge is 0.361 e. The van der Waals surface area contributed by atoms with Crippen LogP contribution in [-0.2, 0) is 55.6 Å². The van der Waals surface area contributed by atoms with E-state index in [0.717, 1.165) is 25.7 Å². The van der Waals surface area contributed by atoms with Crippen molar-refractivity contribution in [3.8, 4) is 0 Å². The Morgan fingerprint density at radius 2 is 0.543 bits per heavy atom. The molecule has 14 heteroatoms. The highest BCUT2D eigenvalue weighted by Gasteiger charge is 2.29. The van der Waals surface area contributed by atoms with E-state index in [1.165, 1.54) is 12.8 Å². The topological polar surface area (TPSA) is 111 Å². The maximum atomic E-state index is 6.18. The second-order valence-electron chi connectivity index (χ2n) is 11.1. The molecule has 0 aromatic carbocycles. The van der Waals surface area contributed by atoms with Crippen LogP contribution < -0.4 is 0 Å². The van der Waals surface area contributed by atoms with Gasteiger partial charge in [0.05, 0.1) is 132 Å². The molecule has 0 radical (unpaired) electrons. The van der Waals surface area contributed by atoms with Gasteiger partial charge in [0.25, 0.3) is 0 Å². The first-order chi connectivity index (χ1) is 22.6. The van der Waals surface area contributed by atoms with Crippen molar-refractivity contribution in [3.05, 3.63) is 23.6 Å². The van der Waals surface area contributed by atoms with Crippen LogP contribution in [0.2, 0.25) is 13.1 Å². The first kappa shape index (κ1) is 41.6. The van der Waals surface area contributed by atoms with Crippen molar-refractivity contribution in [1.82, 2.24) is 0 Å². The van der Waals surface area contributed by atoms with Gasteiger partial charge in [-0.2, -0.15) is 0 Å². The molecule has 0 spiro atoms. The van der Waals surface area contributed by atoms with Crippen molar-refractivity contribution in [2.75, 3.05) is 132 Å². The summed E-state index contributed by atoms with van der Waals surface area (Å²) in [7, 11) is -4.94. The molecule has 46 heavy (non-hydrogen) atoms. The third-order valence-corrected chi connectivity index (χ3v) is 11.8. The van der Waals surface area contributed by atoms with Gasteiger partial charge in [-0.1, -0.05) is 25.0 Å². The van der Waals surface area contributed by atoms with Gasteiger partial charge in [0, 0.05) is 0 Å². The standard InChI is InChI=1S/C32H62O12Si2/c1-45(41-27-23-37-19-15-33-11-12-34-16-20-38-24-28-42-45)31-9-7-5-3-4-6-8-10-32-46(2)43-29-25-39-21-17-35-13-14-36-18-22-40-26-30-44-46/h9-10,31-32H,3-8,11-30H2,1-2H3/b31-9-,32-10-. The quantitative estimate of drug-likeness (QED) is 0.258. The van der Waals surface area contributed by atoms with Crippen LogP contribution >= 0.6 is 0 Å². The van der Waals surface area contributed by atoms with E-state index >= 15 is 0 Å². The van der Waals surface area contributed by atoms with Crippen LogP contribution in [0.4, 0.5) is 0 Å². The lowest BCUT2D eigenvalue weighted by Crippen LogP contribution is -2.39. The van der Waals surface area contributed by atoms with Crippen molar-refractivity contribution in [2.24, 2.45) is 0 Å². The fourth-order valence-corrected chi connectivity index (χ4v) is 8.18. The lowest BCUT2D eigenvalue weighted by Gasteiger charge is -2.24. The van der Waals surface area contributed by atoms with E-state index in [1.54, 1.807) is 0 Å². The summed E-state index contributed by atoms with van der Waals surface area (Å²) in [5.41, 5.74) is 4.30. The highest BCUT2D eigenvalue weighted by atomic mass is 28.4. The van der Waals surface area contributed by atoms with Crippen LogP contribution in [0.1, 0.15) is 38.5 Å². The van der Waals surface area contributed by atoms with Gasteiger partial charge in [0.1, 0.15) is 0 Å². The average Bonchev–Trinajstić information content (AvgIpc) is 3.05. The minimum absolute atomic E-state index is 0.495. The van der Waals surface area contributed by atoms with Crippen LogP contribution in [0.3, 0.4) is 0 Å². The molecule has 0 amide bonds. The van der Waals surface area contributed by atoms with Gasteiger partial charge in [-0.25, -0.2) is 0 Å². The van der Waals surface area contributed by atoms with Gasteiger partial charge < -0.3 is 55.6 Å². The molecule has 0 aromatic heterocycles. The summed E-state index contributed by atoms with van der Waals surface area (Å²) in [6.07, 6.45) is 11.0. The van der Waals surface area contributed by atoms with Crippen LogP contribution in [0.15, 0.2) is 23.6 Å². The van der Waals surface area contributed by atoms with E-state index in [-0.39, 0.29) is 0 Å². The van der Waals surface area contributed by atoms with E-state index in [9.17, 15) is 0 Å². The Labute approximate surface area is 279 Å². The fourth-order valence-electron chi connectivity index (χ4n) is 4.49. The van der Waals surface area contributed by atoms with Crippen LogP contribution in [-0.4, -0.2) is 149 Å². The van der Waals surface area contributed by atoms with E-state index < -0.39 is 17.1 Å². The molecule has 2 aliphatic rings. The van der Waals surface area contributed by atoms with Gasteiger partial charge in [-0.3, -0.25) is 0 Å². The zero-order valence-electron chi connectivity index (χ0n) is 28.6. The summed E-state index contributed by atoms with van der Waals surface area (Å²) in [5, 5.41) is 0. The maximum Gasteiger partial charge on any atom is 0.361 e. The number of unbranched alkanes of at least 4 members (excludes halogenated alkanes) is 5. The van der Waals surface area contributed by atoms with Crippen molar-refractivity contribution >= 4 is 17.1 Å². The number of ether oxygens (including phenoxy) is 8. The largest absolute Gasteiger partial charge is 0.389 e. The molecule has 0 bridgehead atoms. The second kappa shape index (κ2) is 29.4. The van der Waals surface area contributed by atoms with Crippen LogP contribution in [0.5, 0.6) is 0 Å². The molecule has 2 aliphatic heterocycles. The summed E-state index contributed by atoms with van der Waals surface area (Å²) >= 11 is 0. The number of hydrogen-bond donors (Lipinski definition) is 0. The Morgan fingerprint density at radius 1 is 0.326 bits per heavy atom. The summed E-state index contributed by atoms with van der Waals surface area (Å²) in [6.45, 7) is 14.8. The van der Waals surface area contributed by atoms with E-state index in [4.69, 9.17) is 55.6 Å². The SMILES string of the molecule is C[Si]1(/C=C\CCCCCC/C=C\[Si]2(C)OCCOCCOCCOCCOCCO2)OCCOCCOCCOCCOCCO1. The molecule has 270 valence electrons. The molecule has 2 heterocycles. The van der Waals surface area contributed by atoms with Crippen LogP contribution in [0, 0.1) is 0 Å². The molecular weight excluding hydrogens is 633 g/mol. The minimum Gasteiger partial charge on any atom is -0.389 e. The Kier molecular flexibility index (Phi) is 26.6. The molecule has 0 atom stereocenters. The summed E-state index contributed by atoms with van der Waals surface area (Å²) in [5.74, 6) is 0. The predicted octanol–water partition coefficient (Wildman–Crippen LogP) is 3.89. The van der Waals surface area contributed by atoms with E-state index in [1.807, 2.05) is 0 Å². The Balaban J connectivity index is 1.65. The summed E-state index contributed by atoms with van der Waals surface area (Å²) in [4.78, 5) is 0. The van der Waals surface area contributed by atoms with E-state index in [2.05, 4.69) is 36.6 Å². The predicted molar refractivity (Wildman–Crippen MR) is 180 cm³/mol. The number of hydrogen-bond acceptors (Lipinski definition) is 12. The van der Waals surface area contributed by atoms with E-state index in [0.29, 0.717) is 132 Å². The minimum atomic E-state index is -2.47. The van der Waals surface area contributed by atoms with Gasteiger partial charge >= 0.3 is 17.1 Å². The highest BCUT2D eigenvalue weighted by Crippen LogP contribution is 2.14. The van der Waals surface area contributed by atoms with Gasteiger partial charge in [-0.05, 0) is 50.2 Å². The van der Waals surface area contributed by atoms with Crippen LogP contribution in [0.25, 0.3) is 0 Å². The normalized spacial score (nSPS) is 24.0. The van der Waals surface area contributed by atoms with Gasteiger partial charge in [-0.15, -0.1) is 0 Å². The monoisotopic (exact) mass is 694 g/mol. The Bertz CT molecular complexity index is 650. The molecule has 0 aliphatic carbocycles. The molecule has 2 fully saturated rings. The van der Waals surface area contributed by atoms with Crippen molar-refractivity contribution < 1.29 is 55.6 Å². The Hall–Kier alpha value is -0.566. The molecule has 12 nitrogen and oxygen atoms in total. The Morgan fingerprint density at radius 3 is 0.783 bits per heavy atom. The molecule has 0 saturated carbocycles. The summed E-state index contributed by atoms with van der Waals surface area (Å²) in [6, 6.07) is 0. The van der Waals surface area contributed by atoms with Gasteiger partial charge in [0.15, 0.2) is 0 Å². The lowest BCUT2D eigenvalue weighted by molar-refractivity contribution is -0.00426. The zero-order chi connectivity index (χ0) is 32.7. The summed E-state index contributed by atoms with van der Waals surface area (Å²) < 4.78 is 69.2. The molecule has 2 saturated heterocycles. The molecule has 0 N–H and O–H groups in total. The van der Waals surface area contributed by atoms with Crippen molar-refractivity contribution in [2.45, 2.75) is 51.6 Å². The molecule has 0 unspecified atom stereocenters. The lowest BCUT2D eigenvalue weighted by atomic mass is 10.1. The first-order valence-corrected chi connectivity index (χ1v) is 21.9. The second-order valence-corrected chi connectivity index (χ2v) is 17.0. The zero-order valence-corrected chi connectivity index (χ0v) is 30.6. The molecule has 2 rings (SSSR count). The maximum absolute atomic E-state index is 6.18. The first-order valence-electron chi connectivity index (χ1n) is 17.2. The third-order valence-electron chi connectivity index (χ3n) is 7.03. The molecule has 0 aromatic rings. The van der Waals surface area contributed by atoms with Crippen molar-refractivity contribution in [3.63, 3.8) is 0 Å². The third kappa shape index (κ3) is 24.6.